The van der Waals surface area contributed by atoms with Crippen LogP contribution in [0.25, 0.3) is 0 Å². The number of hydrogen-bond donors (Lipinski definition) is 0. The van der Waals surface area contributed by atoms with Crippen LogP contribution in [0.3, 0.4) is 0 Å². The Morgan fingerprint density at radius 3 is 2.48 bits per heavy atom. The molecule has 3 aliphatic rings. The van der Waals surface area contributed by atoms with E-state index in [1.54, 1.807) is 0 Å². The molecular formula is C21H27N5O3. The SMILES string of the molecule is Cc1cc(N2CCOCC2)nc(N2CCN(Cc3ccc4c(c3)OCO4)CC2)n1. The van der Waals surface area contributed by atoms with Crippen molar-refractivity contribution in [2.24, 2.45) is 0 Å². The van der Waals surface area contributed by atoms with Crippen LogP contribution in [0.5, 0.6) is 11.5 Å². The maximum absolute atomic E-state index is 5.50. The molecule has 1 aromatic heterocycles. The minimum atomic E-state index is 0.320. The summed E-state index contributed by atoms with van der Waals surface area (Å²) >= 11 is 0. The molecule has 8 heteroatoms. The zero-order valence-electron chi connectivity index (χ0n) is 16.8. The van der Waals surface area contributed by atoms with Crippen LogP contribution in [0.15, 0.2) is 24.3 Å². The Balaban J connectivity index is 1.22. The van der Waals surface area contributed by atoms with Crippen LogP contribution < -0.4 is 19.3 Å². The fraction of sp³-hybridized carbons (Fsp3) is 0.524. The molecule has 154 valence electrons. The van der Waals surface area contributed by atoms with Crippen molar-refractivity contribution in [2.75, 3.05) is 69.1 Å². The van der Waals surface area contributed by atoms with E-state index in [4.69, 9.17) is 24.2 Å². The number of fused-ring (bicyclic) bond motifs is 1. The van der Waals surface area contributed by atoms with Crippen LogP contribution in [0.1, 0.15) is 11.3 Å². The van der Waals surface area contributed by atoms with Crippen LogP contribution in [-0.4, -0.2) is 74.1 Å². The van der Waals surface area contributed by atoms with E-state index < -0.39 is 0 Å². The third-order valence-corrected chi connectivity index (χ3v) is 5.66. The van der Waals surface area contributed by atoms with Gasteiger partial charge in [-0.1, -0.05) is 6.07 Å². The lowest BCUT2D eigenvalue weighted by Crippen LogP contribution is -2.46. The van der Waals surface area contributed by atoms with Gasteiger partial charge in [0, 0.05) is 57.6 Å². The van der Waals surface area contributed by atoms with Crippen LogP contribution in [0.4, 0.5) is 11.8 Å². The quantitative estimate of drug-likeness (QED) is 0.772. The Morgan fingerprint density at radius 2 is 1.66 bits per heavy atom. The van der Waals surface area contributed by atoms with Gasteiger partial charge in [-0.3, -0.25) is 4.90 Å². The maximum atomic E-state index is 5.50. The van der Waals surface area contributed by atoms with Crippen molar-refractivity contribution < 1.29 is 14.2 Å². The van der Waals surface area contributed by atoms with E-state index in [1.807, 2.05) is 13.0 Å². The van der Waals surface area contributed by atoms with E-state index in [2.05, 4.69) is 32.9 Å². The summed E-state index contributed by atoms with van der Waals surface area (Å²) in [5.41, 5.74) is 2.27. The normalized spacial score (nSPS) is 19.6. The number of hydrogen-bond acceptors (Lipinski definition) is 8. The van der Waals surface area contributed by atoms with Gasteiger partial charge in [0.25, 0.3) is 0 Å². The molecule has 2 aromatic rings. The molecular weight excluding hydrogens is 370 g/mol. The van der Waals surface area contributed by atoms with Crippen molar-refractivity contribution in [3.8, 4) is 11.5 Å². The van der Waals surface area contributed by atoms with E-state index in [9.17, 15) is 0 Å². The Morgan fingerprint density at radius 1 is 0.862 bits per heavy atom. The number of benzene rings is 1. The highest BCUT2D eigenvalue weighted by Crippen LogP contribution is 2.33. The Hall–Kier alpha value is -2.58. The van der Waals surface area contributed by atoms with Crippen LogP contribution in [0.2, 0.25) is 0 Å². The summed E-state index contributed by atoms with van der Waals surface area (Å²) in [5, 5.41) is 0. The van der Waals surface area contributed by atoms with Gasteiger partial charge >= 0.3 is 0 Å². The summed E-state index contributed by atoms with van der Waals surface area (Å²) in [6.07, 6.45) is 0. The first-order valence-electron chi connectivity index (χ1n) is 10.3. The lowest BCUT2D eigenvalue weighted by atomic mass is 10.1. The lowest BCUT2D eigenvalue weighted by Gasteiger charge is -2.35. The summed E-state index contributed by atoms with van der Waals surface area (Å²) in [5.74, 6) is 3.55. The minimum absolute atomic E-state index is 0.320. The number of aromatic nitrogens is 2. The van der Waals surface area contributed by atoms with E-state index >= 15 is 0 Å². The topological polar surface area (TPSA) is 63.2 Å². The molecule has 29 heavy (non-hydrogen) atoms. The van der Waals surface area contributed by atoms with Gasteiger partial charge in [-0.05, 0) is 24.6 Å². The van der Waals surface area contributed by atoms with Gasteiger partial charge in [-0.2, -0.15) is 4.98 Å². The number of rotatable bonds is 4. The molecule has 0 bridgehead atoms. The zero-order valence-corrected chi connectivity index (χ0v) is 16.8. The maximum Gasteiger partial charge on any atom is 0.231 e. The third-order valence-electron chi connectivity index (χ3n) is 5.66. The minimum Gasteiger partial charge on any atom is -0.454 e. The van der Waals surface area contributed by atoms with Gasteiger partial charge in [0.1, 0.15) is 5.82 Å². The fourth-order valence-corrected chi connectivity index (χ4v) is 4.04. The Labute approximate surface area is 171 Å². The first-order chi connectivity index (χ1) is 14.2. The molecule has 0 radical (unpaired) electrons. The summed E-state index contributed by atoms with van der Waals surface area (Å²) < 4.78 is 16.4. The third kappa shape index (κ3) is 4.09. The van der Waals surface area contributed by atoms with E-state index in [0.29, 0.717) is 6.79 Å². The first-order valence-corrected chi connectivity index (χ1v) is 10.3. The number of nitrogens with zero attached hydrogens (tertiary/aromatic N) is 5. The van der Waals surface area contributed by atoms with Gasteiger partial charge in [0.2, 0.25) is 12.7 Å². The Kier molecular flexibility index (Phi) is 5.12. The summed E-state index contributed by atoms with van der Waals surface area (Å²) in [6.45, 7) is 10.4. The molecule has 0 saturated carbocycles. The summed E-state index contributed by atoms with van der Waals surface area (Å²) in [6, 6.07) is 8.29. The van der Waals surface area contributed by atoms with Crippen molar-refractivity contribution in [1.82, 2.24) is 14.9 Å². The van der Waals surface area contributed by atoms with Crippen molar-refractivity contribution in [1.29, 1.82) is 0 Å². The van der Waals surface area contributed by atoms with E-state index in [1.165, 1.54) is 5.56 Å². The van der Waals surface area contributed by atoms with Crippen LogP contribution >= 0.6 is 0 Å². The number of aryl methyl sites for hydroxylation is 1. The first kappa shape index (κ1) is 18.4. The highest BCUT2D eigenvalue weighted by Gasteiger charge is 2.22. The van der Waals surface area contributed by atoms with Crippen molar-refractivity contribution in [2.45, 2.75) is 13.5 Å². The predicted octanol–water partition coefficient (Wildman–Crippen LogP) is 1.67. The molecule has 2 saturated heterocycles. The molecule has 0 amide bonds. The summed E-state index contributed by atoms with van der Waals surface area (Å²) in [7, 11) is 0. The molecule has 1 aromatic carbocycles. The van der Waals surface area contributed by atoms with Gasteiger partial charge in [-0.25, -0.2) is 4.98 Å². The second-order valence-corrected chi connectivity index (χ2v) is 7.72. The standard InChI is InChI=1S/C21H27N5O3/c1-16-12-20(25-8-10-27-11-9-25)23-21(22-16)26-6-4-24(5-7-26)14-17-2-3-18-19(13-17)29-15-28-18/h2-3,12-13H,4-11,14-15H2,1H3. The summed E-state index contributed by atoms with van der Waals surface area (Å²) in [4.78, 5) is 16.6. The van der Waals surface area contributed by atoms with Gasteiger partial charge < -0.3 is 24.0 Å². The molecule has 0 aliphatic carbocycles. The second-order valence-electron chi connectivity index (χ2n) is 7.72. The van der Waals surface area contributed by atoms with Crippen molar-refractivity contribution in [3.63, 3.8) is 0 Å². The van der Waals surface area contributed by atoms with Gasteiger partial charge in [0.05, 0.1) is 13.2 Å². The number of piperazine rings is 1. The molecule has 0 atom stereocenters. The molecule has 4 heterocycles. The fourth-order valence-electron chi connectivity index (χ4n) is 4.04. The van der Waals surface area contributed by atoms with Crippen molar-refractivity contribution in [3.05, 3.63) is 35.5 Å². The molecule has 2 fully saturated rings. The van der Waals surface area contributed by atoms with Crippen LogP contribution in [-0.2, 0) is 11.3 Å². The Bertz CT molecular complexity index is 863. The molecule has 0 unspecified atom stereocenters. The molecule has 8 nitrogen and oxygen atoms in total. The van der Waals surface area contributed by atoms with E-state index in [-0.39, 0.29) is 0 Å². The van der Waals surface area contributed by atoms with Gasteiger partial charge in [-0.15, -0.1) is 0 Å². The second kappa shape index (κ2) is 8.04. The smallest absolute Gasteiger partial charge is 0.231 e. The number of ether oxygens (including phenoxy) is 3. The number of morpholine rings is 1. The molecule has 5 rings (SSSR count). The van der Waals surface area contributed by atoms with Gasteiger partial charge in [0.15, 0.2) is 11.5 Å². The van der Waals surface area contributed by atoms with Crippen LogP contribution in [0, 0.1) is 6.92 Å². The highest BCUT2D eigenvalue weighted by atomic mass is 16.7. The lowest BCUT2D eigenvalue weighted by molar-refractivity contribution is 0.122. The highest BCUT2D eigenvalue weighted by molar-refractivity contribution is 5.47. The molecule has 3 aliphatic heterocycles. The predicted molar refractivity (Wildman–Crippen MR) is 110 cm³/mol. The molecule has 0 N–H and O–H groups in total. The van der Waals surface area contributed by atoms with E-state index in [0.717, 1.165) is 88.0 Å². The monoisotopic (exact) mass is 397 g/mol. The average Bonchev–Trinajstić information content (AvgIpc) is 3.22. The zero-order chi connectivity index (χ0) is 19.6. The van der Waals surface area contributed by atoms with Crippen molar-refractivity contribution >= 4 is 11.8 Å². The molecule has 0 spiro atoms. The number of anilines is 2. The average molecular weight is 397 g/mol. The largest absolute Gasteiger partial charge is 0.454 e.